The number of halogens is 2. The summed E-state index contributed by atoms with van der Waals surface area (Å²) in [7, 11) is -9.05. The van der Waals surface area contributed by atoms with Crippen LogP contribution in [0.1, 0.15) is 38.5 Å². The molecular weight excluding hydrogens is 542 g/mol. The number of hydrogen-bond acceptors (Lipinski definition) is 5. The molecule has 4 saturated carbocycles. The van der Waals surface area contributed by atoms with Crippen molar-refractivity contribution in [3.8, 4) is 0 Å². The molecule has 0 unspecified atom stereocenters. The minimum Gasteiger partial charge on any atom is -0.454 e. The number of alkyl halides is 2. The van der Waals surface area contributed by atoms with Gasteiger partial charge in [-0.3, -0.25) is 0 Å². The first-order chi connectivity index (χ1) is 18.6. The minimum atomic E-state index is -5.82. The van der Waals surface area contributed by atoms with E-state index < -0.39 is 37.3 Å². The maximum absolute atomic E-state index is 15.8. The summed E-state index contributed by atoms with van der Waals surface area (Å²) in [6, 6.07) is 25.3. The number of esters is 1. The summed E-state index contributed by atoms with van der Waals surface area (Å²) in [5.41, 5.74) is -1.02. The molecule has 4 aliphatic carbocycles. The van der Waals surface area contributed by atoms with Gasteiger partial charge in [-0.1, -0.05) is 54.6 Å². The van der Waals surface area contributed by atoms with Crippen molar-refractivity contribution in [2.75, 3.05) is 0 Å². The van der Waals surface area contributed by atoms with Crippen LogP contribution in [0, 0.1) is 17.8 Å². The third-order valence-electron chi connectivity index (χ3n) is 8.26. The van der Waals surface area contributed by atoms with Crippen molar-refractivity contribution in [1.29, 1.82) is 0 Å². The van der Waals surface area contributed by atoms with Crippen molar-refractivity contribution in [1.82, 2.24) is 0 Å². The zero-order chi connectivity index (χ0) is 27.3. The van der Waals surface area contributed by atoms with Crippen LogP contribution in [0.15, 0.2) is 106 Å². The highest BCUT2D eigenvalue weighted by molar-refractivity contribution is 8.33. The monoisotopic (exact) mass is 572 g/mol. The molecule has 39 heavy (non-hydrogen) atoms. The minimum absolute atomic E-state index is 0.330. The lowest BCUT2D eigenvalue weighted by atomic mass is 9.54. The fourth-order valence-electron chi connectivity index (χ4n) is 7.05. The molecule has 7 rings (SSSR count). The average molecular weight is 573 g/mol. The SMILES string of the molecule is O=C(OC12CC3CC(CC(C3)C1)C2)C(F)(F)S(=O)(=O)OS(c1ccccc1)(c1ccccc1)c1ccccc1. The van der Waals surface area contributed by atoms with Crippen molar-refractivity contribution < 1.29 is 30.4 Å². The lowest BCUT2D eigenvalue weighted by Gasteiger charge is -2.55. The quantitative estimate of drug-likeness (QED) is 0.264. The average Bonchev–Trinajstić information content (AvgIpc) is 2.92. The molecule has 3 aromatic rings. The fourth-order valence-corrected chi connectivity index (χ4v) is 12.1. The topological polar surface area (TPSA) is 69.7 Å². The molecule has 3 aromatic carbocycles. The van der Waals surface area contributed by atoms with Crippen LogP contribution < -0.4 is 0 Å². The predicted octanol–water partition coefficient (Wildman–Crippen LogP) is 7.33. The van der Waals surface area contributed by atoms with E-state index in [0.717, 1.165) is 19.3 Å². The molecule has 0 atom stereocenters. The van der Waals surface area contributed by atoms with E-state index in [4.69, 9.17) is 8.37 Å². The number of rotatable bonds is 8. The summed E-state index contributed by atoms with van der Waals surface area (Å²) in [6.45, 7) is 0. The molecule has 4 aliphatic rings. The maximum atomic E-state index is 15.8. The molecular formula is C30H30F2O5S2. The number of benzene rings is 3. The molecule has 4 bridgehead atoms. The Morgan fingerprint density at radius 3 is 1.41 bits per heavy atom. The number of hydrogen-bond donors (Lipinski definition) is 0. The third-order valence-corrected chi connectivity index (χ3v) is 13.4. The van der Waals surface area contributed by atoms with Crippen LogP contribution in [0.2, 0.25) is 0 Å². The van der Waals surface area contributed by atoms with Gasteiger partial charge in [-0.05, 0) is 103 Å². The van der Waals surface area contributed by atoms with Crippen molar-refractivity contribution in [3.63, 3.8) is 0 Å². The number of carbonyl (C=O) groups is 1. The summed E-state index contributed by atoms with van der Waals surface area (Å²) >= 11 is 0. The molecule has 0 aromatic heterocycles. The second kappa shape index (κ2) is 9.71. The maximum Gasteiger partial charge on any atom is 0.466 e. The molecule has 0 spiro atoms. The third kappa shape index (κ3) is 4.58. The van der Waals surface area contributed by atoms with Gasteiger partial charge in [0.25, 0.3) is 0 Å². The highest BCUT2D eigenvalue weighted by Gasteiger charge is 2.62. The molecule has 0 saturated heterocycles. The summed E-state index contributed by atoms with van der Waals surface area (Å²) in [5.74, 6) is -1.06. The lowest BCUT2D eigenvalue weighted by Crippen LogP contribution is -2.55. The first-order valence-electron chi connectivity index (χ1n) is 13.2. The van der Waals surface area contributed by atoms with Gasteiger partial charge in [0.1, 0.15) is 5.60 Å². The highest BCUT2D eigenvalue weighted by atomic mass is 32.3. The molecule has 0 amide bonds. The van der Waals surface area contributed by atoms with Crippen LogP contribution in [0.25, 0.3) is 0 Å². The van der Waals surface area contributed by atoms with Crippen molar-refractivity contribution in [2.24, 2.45) is 17.8 Å². The largest absolute Gasteiger partial charge is 0.466 e. The normalized spacial score (nSPS) is 26.8. The van der Waals surface area contributed by atoms with E-state index in [1.165, 1.54) is 0 Å². The summed E-state index contributed by atoms with van der Waals surface area (Å²) in [6.07, 6.45) is 4.59. The van der Waals surface area contributed by atoms with Gasteiger partial charge in [-0.15, -0.1) is 0 Å². The van der Waals surface area contributed by atoms with Crippen LogP contribution in [0.5, 0.6) is 0 Å². The van der Waals surface area contributed by atoms with E-state index in [0.29, 0.717) is 51.7 Å². The Kier molecular flexibility index (Phi) is 6.59. The first kappa shape index (κ1) is 26.5. The van der Waals surface area contributed by atoms with Crippen LogP contribution in [-0.4, -0.2) is 25.2 Å². The Labute approximate surface area is 229 Å². The smallest absolute Gasteiger partial charge is 0.454 e. The van der Waals surface area contributed by atoms with Gasteiger partial charge in [0, 0.05) is 14.7 Å². The molecule has 206 valence electrons. The van der Waals surface area contributed by atoms with Crippen molar-refractivity contribution in [3.05, 3.63) is 91.0 Å². The Balaban J connectivity index is 1.40. The van der Waals surface area contributed by atoms with Gasteiger partial charge in [0.15, 0.2) is 0 Å². The van der Waals surface area contributed by atoms with E-state index >= 15 is 8.78 Å². The van der Waals surface area contributed by atoms with Crippen LogP contribution in [0.4, 0.5) is 8.78 Å². The molecule has 0 N–H and O–H groups in total. The van der Waals surface area contributed by atoms with Crippen LogP contribution in [-0.2, 0) is 23.3 Å². The molecule has 5 nitrogen and oxygen atoms in total. The van der Waals surface area contributed by atoms with E-state index in [2.05, 4.69) is 0 Å². The Morgan fingerprint density at radius 2 is 1.05 bits per heavy atom. The molecule has 0 heterocycles. The van der Waals surface area contributed by atoms with Crippen molar-refractivity contribution in [2.45, 2.75) is 64.1 Å². The van der Waals surface area contributed by atoms with Gasteiger partial charge in [-0.2, -0.15) is 17.2 Å². The summed E-state index contributed by atoms with van der Waals surface area (Å²) in [4.78, 5) is 14.3. The highest BCUT2D eigenvalue weighted by Crippen LogP contribution is 2.70. The molecule has 9 heteroatoms. The van der Waals surface area contributed by atoms with Gasteiger partial charge in [0.05, 0.1) is 0 Å². The van der Waals surface area contributed by atoms with E-state index in [1.54, 1.807) is 91.0 Å². The summed E-state index contributed by atoms with van der Waals surface area (Å²) in [5, 5.41) is -4.90. The fraction of sp³-hybridized carbons (Fsp3) is 0.367. The molecule has 0 aliphatic heterocycles. The van der Waals surface area contributed by atoms with E-state index in [9.17, 15) is 13.2 Å². The van der Waals surface area contributed by atoms with E-state index in [-0.39, 0.29) is 0 Å². The van der Waals surface area contributed by atoms with Gasteiger partial charge >= 0.3 is 21.3 Å². The lowest BCUT2D eigenvalue weighted by molar-refractivity contribution is -0.201. The van der Waals surface area contributed by atoms with Crippen molar-refractivity contribution >= 4 is 26.4 Å². The second-order valence-corrected chi connectivity index (χ2v) is 15.5. The molecule has 0 radical (unpaired) electrons. The zero-order valence-corrected chi connectivity index (χ0v) is 22.9. The summed E-state index contributed by atoms with van der Waals surface area (Å²) < 4.78 is 69.9. The Morgan fingerprint density at radius 1 is 0.692 bits per heavy atom. The number of ether oxygens (including phenoxy) is 1. The van der Waals surface area contributed by atoms with E-state index in [1.807, 2.05) is 0 Å². The standard InChI is InChI=1S/C30H30F2O5S2/c31-30(32,28(33)36-29-19-22-16-23(20-29)18-24(17-22)21-29)39(34,35)37-38(25-10-4-1-5-11-25,26-12-6-2-7-13-26)27-14-8-3-9-15-27/h1-15,22-24H,16-21H2. The Bertz CT molecular complexity index is 1310. The Hall–Kier alpha value is -2.75. The van der Waals surface area contributed by atoms with Gasteiger partial charge in [-0.25, -0.2) is 8.42 Å². The van der Waals surface area contributed by atoms with Gasteiger partial charge < -0.3 is 4.74 Å². The predicted molar refractivity (Wildman–Crippen MR) is 144 cm³/mol. The zero-order valence-electron chi connectivity index (χ0n) is 21.2. The van der Waals surface area contributed by atoms with Gasteiger partial charge in [0.2, 0.25) is 0 Å². The first-order valence-corrected chi connectivity index (χ1v) is 16.2. The van der Waals surface area contributed by atoms with Crippen LogP contribution in [0.3, 0.4) is 0 Å². The number of carbonyl (C=O) groups excluding carboxylic acids is 1. The second-order valence-electron chi connectivity index (χ2n) is 11.0. The van der Waals surface area contributed by atoms with Crippen LogP contribution >= 0.6 is 10.3 Å². The molecule has 4 fully saturated rings.